The Morgan fingerprint density at radius 3 is 2.71 bits per heavy atom. The van der Waals surface area contributed by atoms with Gasteiger partial charge in [-0.05, 0) is 30.7 Å². The standard InChI is InChI=1S/C17H19FN4O2/c1-11-7-15(20-21(11)2)17(24)19-14-8-16(23)22(10-14)9-12-3-5-13(18)6-4-12/h3-7,14H,8-10H2,1-2H3,(H,19,24)/t14-/m0/s1. The predicted octanol–water partition coefficient (Wildman–Crippen LogP) is 1.40. The molecule has 1 N–H and O–H groups in total. The summed E-state index contributed by atoms with van der Waals surface area (Å²) in [5.74, 6) is -0.607. The molecule has 0 aliphatic carbocycles. The predicted molar refractivity (Wildman–Crippen MR) is 85.6 cm³/mol. The van der Waals surface area contributed by atoms with E-state index in [1.807, 2.05) is 6.92 Å². The molecule has 2 amide bonds. The van der Waals surface area contributed by atoms with Gasteiger partial charge in [-0.25, -0.2) is 4.39 Å². The molecule has 2 aromatic rings. The van der Waals surface area contributed by atoms with Gasteiger partial charge in [0, 0.05) is 32.3 Å². The van der Waals surface area contributed by atoms with E-state index in [4.69, 9.17) is 0 Å². The highest BCUT2D eigenvalue weighted by atomic mass is 19.1. The molecule has 6 nitrogen and oxygen atoms in total. The molecule has 1 aromatic carbocycles. The van der Waals surface area contributed by atoms with Gasteiger partial charge in [-0.15, -0.1) is 0 Å². The molecule has 0 radical (unpaired) electrons. The summed E-state index contributed by atoms with van der Waals surface area (Å²) in [4.78, 5) is 26.0. The van der Waals surface area contributed by atoms with E-state index in [0.29, 0.717) is 18.8 Å². The van der Waals surface area contributed by atoms with Gasteiger partial charge in [0.1, 0.15) is 11.5 Å². The number of aryl methyl sites for hydroxylation is 2. The van der Waals surface area contributed by atoms with Crippen LogP contribution in [0.4, 0.5) is 4.39 Å². The van der Waals surface area contributed by atoms with Gasteiger partial charge in [-0.1, -0.05) is 12.1 Å². The Balaban J connectivity index is 1.60. The third kappa shape index (κ3) is 3.45. The van der Waals surface area contributed by atoms with Crippen LogP contribution in [0.1, 0.15) is 28.2 Å². The normalized spacial score (nSPS) is 17.4. The number of nitrogens with zero attached hydrogens (tertiary/aromatic N) is 3. The molecule has 0 unspecified atom stereocenters. The Kier molecular flexibility index (Phi) is 4.33. The SMILES string of the molecule is Cc1cc(C(=O)N[C@H]2CC(=O)N(Cc3ccc(F)cc3)C2)nn1C. The van der Waals surface area contributed by atoms with Gasteiger partial charge >= 0.3 is 0 Å². The van der Waals surface area contributed by atoms with Crippen LogP contribution in [-0.2, 0) is 18.4 Å². The van der Waals surface area contributed by atoms with Crippen molar-refractivity contribution in [1.29, 1.82) is 0 Å². The Bertz CT molecular complexity index is 750. The van der Waals surface area contributed by atoms with Crippen LogP contribution in [0.5, 0.6) is 0 Å². The first kappa shape index (κ1) is 16.2. The van der Waals surface area contributed by atoms with E-state index in [0.717, 1.165) is 11.3 Å². The minimum absolute atomic E-state index is 0.0261. The van der Waals surface area contributed by atoms with Crippen molar-refractivity contribution < 1.29 is 14.0 Å². The van der Waals surface area contributed by atoms with Crippen molar-refractivity contribution in [2.24, 2.45) is 7.05 Å². The summed E-state index contributed by atoms with van der Waals surface area (Å²) >= 11 is 0. The largest absolute Gasteiger partial charge is 0.346 e. The summed E-state index contributed by atoms with van der Waals surface area (Å²) in [5.41, 5.74) is 2.09. The van der Waals surface area contributed by atoms with Gasteiger partial charge in [0.15, 0.2) is 0 Å². The van der Waals surface area contributed by atoms with E-state index in [2.05, 4.69) is 10.4 Å². The number of halogens is 1. The summed E-state index contributed by atoms with van der Waals surface area (Å²) in [6, 6.07) is 7.53. The molecule has 0 spiro atoms. The van der Waals surface area contributed by atoms with Crippen LogP contribution in [-0.4, -0.2) is 39.1 Å². The fourth-order valence-electron chi connectivity index (χ4n) is 2.76. The van der Waals surface area contributed by atoms with Gasteiger partial charge in [0.2, 0.25) is 5.91 Å². The first-order chi connectivity index (χ1) is 11.4. The number of nitrogens with one attached hydrogen (secondary N) is 1. The average molecular weight is 330 g/mol. The van der Waals surface area contributed by atoms with Crippen LogP contribution in [0.3, 0.4) is 0 Å². The van der Waals surface area contributed by atoms with Crippen LogP contribution >= 0.6 is 0 Å². The third-order valence-corrected chi connectivity index (χ3v) is 4.18. The summed E-state index contributed by atoms with van der Waals surface area (Å²) in [5, 5.41) is 6.99. The monoisotopic (exact) mass is 330 g/mol. The quantitative estimate of drug-likeness (QED) is 0.921. The van der Waals surface area contributed by atoms with E-state index in [1.165, 1.54) is 12.1 Å². The average Bonchev–Trinajstić information content (AvgIpc) is 3.05. The molecule has 1 fully saturated rings. The number of carbonyl (C=O) groups excluding carboxylic acids is 2. The number of hydrogen-bond donors (Lipinski definition) is 1. The van der Waals surface area contributed by atoms with Crippen LogP contribution in [0, 0.1) is 12.7 Å². The zero-order valence-electron chi connectivity index (χ0n) is 13.6. The third-order valence-electron chi connectivity index (χ3n) is 4.18. The molecule has 126 valence electrons. The minimum atomic E-state index is -0.303. The van der Waals surface area contributed by atoms with E-state index in [-0.39, 0.29) is 30.1 Å². The fourth-order valence-corrected chi connectivity index (χ4v) is 2.76. The Labute approximate surface area is 139 Å². The maximum atomic E-state index is 12.9. The molecule has 7 heteroatoms. The lowest BCUT2D eigenvalue weighted by atomic mass is 10.2. The van der Waals surface area contributed by atoms with Crippen LogP contribution in [0.25, 0.3) is 0 Å². The fraction of sp³-hybridized carbons (Fsp3) is 0.353. The second kappa shape index (κ2) is 6.43. The van der Waals surface area contributed by atoms with Gasteiger partial charge < -0.3 is 10.2 Å². The van der Waals surface area contributed by atoms with Gasteiger partial charge in [-0.2, -0.15) is 5.10 Å². The summed E-state index contributed by atoms with van der Waals surface area (Å²) < 4.78 is 14.6. The molecule has 2 heterocycles. The lowest BCUT2D eigenvalue weighted by molar-refractivity contribution is -0.128. The summed E-state index contributed by atoms with van der Waals surface area (Å²) in [6.45, 7) is 2.72. The zero-order valence-corrected chi connectivity index (χ0v) is 13.6. The first-order valence-electron chi connectivity index (χ1n) is 7.76. The van der Waals surface area contributed by atoms with Crippen LogP contribution in [0.15, 0.2) is 30.3 Å². The number of benzene rings is 1. The number of carbonyl (C=O) groups is 2. The number of rotatable bonds is 4. The van der Waals surface area contributed by atoms with Crippen molar-refractivity contribution in [3.63, 3.8) is 0 Å². The number of amides is 2. The van der Waals surface area contributed by atoms with Crippen molar-refractivity contribution in [2.45, 2.75) is 25.9 Å². The molecule has 1 aliphatic rings. The lowest BCUT2D eigenvalue weighted by Gasteiger charge is -2.17. The number of hydrogen-bond acceptors (Lipinski definition) is 3. The Hall–Kier alpha value is -2.70. The van der Waals surface area contributed by atoms with Gasteiger partial charge in [0.25, 0.3) is 5.91 Å². The minimum Gasteiger partial charge on any atom is -0.346 e. The molecular weight excluding hydrogens is 311 g/mol. The molecule has 1 atom stereocenters. The van der Waals surface area contributed by atoms with Crippen molar-refractivity contribution >= 4 is 11.8 Å². The van der Waals surface area contributed by atoms with E-state index in [1.54, 1.807) is 34.8 Å². The van der Waals surface area contributed by atoms with Crippen molar-refractivity contribution in [3.8, 4) is 0 Å². The van der Waals surface area contributed by atoms with E-state index in [9.17, 15) is 14.0 Å². The number of aromatic nitrogens is 2. The Morgan fingerprint density at radius 1 is 1.38 bits per heavy atom. The lowest BCUT2D eigenvalue weighted by Crippen LogP contribution is -2.37. The topological polar surface area (TPSA) is 67.2 Å². The second-order valence-electron chi connectivity index (χ2n) is 6.07. The molecule has 1 aliphatic heterocycles. The van der Waals surface area contributed by atoms with Gasteiger partial charge in [0.05, 0.1) is 6.04 Å². The van der Waals surface area contributed by atoms with Gasteiger partial charge in [-0.3, -0.25) is 14.3 Å². The van der Waals surface area contributed by atoms with E-state index < -0.39 is 0 Å². The molecule has 1 aromatic heterocycles. The van der Waals surface area contributed by atoms with E-state index >= 15 is 0 Å². The maximum absolute atomic E-state index is 12.9. The highest BCUT2D eigenvalue weighted by Crippen LogP contribution is 2.16. The zero-order chi connectivity index (χ0) is 17.3. The smallest absolute Gasteiger partial charge is 0.272 e. The highest BCUT2D eigenvalue weighted by molar-refractivity contribution is 5.93. The maximum Gasteiger partial charge on any atom is 0.272 e. The first-order valence-corrected chi connectivity index (χ1v) is 7.76. The molecule has 3 rings (SSSR count). The van der Waals surface area contributed by atoms with Crippen molar-refractivity contribution in [3.05, 3.63) is 53.1 Å². The van der Waals surface area contributed by atoms with Crippen molar-refractivity contribution in [1.82, 2.24) is 20.0 Å². The molecule has 0 bridgehead atoms. The van der Waals surface area contributed by atoms with Crippen LogP contribution in [0.2, 0.25) is 0 Å². The number of likely N-dealkylation sites (tertiary alicyclic amines) is 1. The Morgan fingerprint density at radius 2 is 2.08 bits per heavy atom. The molecule has 24 heavy (non-hydrogen) atoms. The molecule has 1 saturated heterocycles. The molecule has 0 saturated carbocycles. The summed E-state index contributed by atoms with van der Waals surface area (Å²) in [6.07, 6.45) is 0.263. The summed E-state index contributed by atoms with van der Waals surface area (Å²) in [7, 11) is 1.77. The van der Waals surface area contributed by atoms with Crippen LogP contribution < -0.4 is 5.32 Å². The van der Waals surface area contributed by atoms with Crippen molar-refractivity contribution in [2.75, 3.05) is 6.54 Å². The highest BCUT2D eigenvalue weighted by Gasteiger charge is 2.31. The molecular formula is C17H19FN4O2. The second-order valence-corrected chi connectivity index (χ2v) is 6.07.